The van der Waals surface area contributed by atoms with Crippen molar-refractivity contribution in [3.8, 4) is 0 Å². The molecule has 0 unspecified atom stereocenters. The van der Waals surface area contributed by atoms with Gasteiger partial charge < -0.3 is 9.64 Å². The van der Waals surface area contributed by atoms with Crippen LogP contribution in [0.3, 0.4) is 0 Å². The molecule has 26 heavy (non-hydrogen) atoms. The molecular formula is C21H26N2O2S. The highest BCUT2D eigenvalue weighted by Crippen LogP contribution is 2.25. The summed E-state index contributed by atoms with van der Waals surface area (Å²) in [5.74, 6) is 0.155. The SMILES string of the molecule is CSc1ccc(CN(C)[C@@H](C(=O)N2CCOCC2)c2ccccc2)cc1. The van der Waals surface area contributed by atoms with Crippen molar-refractivity contribution >= 4 is 17.7 Å². The van der Waals surface area contributed by atoms with Gasteiger partial charge in [-0.1, -0.05) is 42.5 Å². The van der Waals surface area contributed by atoms with Gasteiger partial charge in [0.15, 0.2) is 0 Å². The van der Waals surface area contributed by atoms with Crippen LogP contribution in [0, 0.1) is 0 Å². The molecule has 1 amide bonds. The number of amides is 1. The summed E-state index contributed by atoms with van der Waals surface area (Å²) in [5, 5.41) is 0. The van der Waals surface area contributed by atoms with Gasteiger partial charge in [-0.3, -0.25) is 9.69 Å². The maximum Gasteiger partial charge on any atom is 0.244 e. The third-order valence-corrected chi connectivity index (χ3v) is 5.45. The first-order valence-electron chi connectivity index (χ1n) is 8.93. The van der Waals surface area contributed by atoms with E-state index in [0.29, 0.717) is 26.3 Å². The highest BCUT2D eigenvalue weighted by molar-refractivity contribution is 7.98. The lowest BCUT2D eigenvalue weighted by Crippen LogP contribution is -2.46. The molecule has 0 aliphatic carbocycles. The molecule has 2 aromatic carbocycles. The number of benzene rings is 2. The Labute approximate surface area is 160 Å². The lowest BCUT2D eigenvalue weighted by Gasteiger charge is -2.34. The Bertz CT molecular complexity index is 700. The van der Waals surface area contributed by atoms with Crippen LogP contribution >= 0.6 is 11.8 Å². The maximum absolute atomic E-state index is 13.3. The standard InChI is InChI=1S/C21H26N2O2S/c1-22(16-17-8-10-19(26-2)11-9-17)20(18-6-4-3-5-7-18)21(24)23-12-14-25-15-13-23/h3-11,20H,12-16H2,1-2H3/t20-/m1/s1. The molecule has 1 aliphatic rings. The molecule has 4 nitrogen and oxygen atoms in total. The van der Waals surface area contributed by atoms with E-state index in [1.807, 2.05) is 42.3 Å². The number of hydrogen-bond acceptors (Lipinski definition) is 4. The first-order chi connectivity index (χ1) is 12.7. The number of likely N-dealkylation sites (N-methyl/N-ethyl adjacent to an activating group) is 1. The minimum absolute atomic E-state index is 0.155. The van der Waals surface area contributed by atoms with Gasteiger partial charge in [-0.25, -0.2) is 0 Å². The van der Waals surface area contributed by atoms with Gasteiger partial charge in [0, 0.05) is 24.5 Å². The van der Waals surface area contributed by atoms with Crippen LogP contribution in [-0.4, -0.2) is 55.3 Å². The lowest BCUT2D eigenvalue weighted by atomic mass is 10.0. The van der Waals surface area contributed by atoms with Crippen LogP contribution < -0.4 is 0 Å². The van der Waals surface area contributed by atoms with Crippen LogP contribution in [0.5, 0.6) is 0 Å². The molecule has 1 heterocycles. The van der Waals surface area contributed by atoms with Gasteiger partial charge in [-0.15, -0.1) is 11.8 Å². The van der Waals surface area contributed by atoms with Gasteiger partial charge in [0.05, 0.1) is 13.2 Å². The highest BCUT2D eigenvalue weighted by atomic mass is 32.2. The first kappa shape index (κ1) is 19.0. The molecule has 0 spiro atoms. The van der Waals surface area contributed by atoms with Crippen LogP contribution in [0.4, 0.5) is 0 Å². The molecule has 0 N–H and O–H groups in total. The Hall–Kier alpha value is -1.82. The number of carbonyl (C=O) groups is 1. The molecule has 3 rings (SSSR count). The van der Waals surface area contributed by atoms with Crippen molar-refractivity contribution in [3.63, 3.8) is 0 Å². The average molecular weight is 371 g/mol. The fraction of sp³-hybridized carbons (Fsp3) is 0.381. The third-order valence-electron chi connectivity index (χ3n) is 4.70. The molecule has 2 aromatic rings. The number of thioether (sulfide) groups is 1. The van der Waals surface area contributed by atoms with Crippen molar-refractivity contribution in [2.45, 2.75) is 17.5 Å². The van der Waals surface area contributed by atoms with Crippen molar-refractivity contribution in [1.29, 1.82) is 0 Å². The summed E-state index contributed by atoms with van der Waals surface area (Å²) >= 11 is 1.74. The van der Waals surface area contributed by atoms with E-state index < -0.39 is 0 Å². The molecule has 0 aromatic heterocycles. The third kappa shape index (κ3) is 4.67. The Kier molecular flexibility index (Phi) is 6.72. The smallest absolute Gasteiger partial charge is 0.244 e. The number of morpholine rings is 1. The van der Waals surface area contributed by atoms with Crippen LogP contribution in [0.2, 0.25) is 0 Å². The van der Waals surface area contributed by atoms with Crippen molar-refractivity contribution in [2.75, 3.05) is 39.6 Å². The van der Waals surface area contributed by atoms with E-state index in [2.05, 4.69) is 35.4 Å². The van der Waals surface area contributed by atoms with Crippen LogP contribution in [0.1, 0.15) is 17.2 Å². The summed E-state index contributed by atoms with van der Waals surface area (Å²) in [4.78, 5) is 18.6. The zero-order chi connectivity index (χ0) is 18.4. The Morgan fingerprint density at radius 1 is 1.12 bits per heavy atom. The topological polar surface area (TPSA) is 32.8 Å². The molecule has 1 fully saturated rings. The molecule has 0 bridgehead atoms. The summed E-state index contributed by atoms with van der Waals surface area (Å²) in [5.41, 5.74) is 2.24. The zero-order valence-corrected chi connectivity index (χ0v) is 16.2. The second-order valence-electron chi connectivity index (χ2n) is 6.51. The second kappa shape index (κ2) is 9.21. The monoisotopic (exact) mass is 370 g/mol. The summed E-state index contributed by atoms with van der Waals surface area (Å²) < 4.78 is 5.40. The molecule has 1 saturated heterocycles. The molecule has 5 heteroatoms. The number of rotatable bonds is 6. The fourth-order valence-corrected chi connectivity index (χ4v) is 3.70. The molecule has 1 aliphatic heterocycles. The van der Waals surface area contributed by atoms with E-state index in [1.54, 1.807) is 11.8 Å². The highest BCUT2D eigenvalue weighted by Gasteiger charge is 2.30. The minimum atomic E-state index is -0.283. The van der Waals surface area contributed by atoms with Crippen molar-refractivity contribution in [3.05, 3.63) is 65.7 Å². The lowest BCUT2D eigenvalue weighted by molar-refractivity contribution is -0.141. The van der Waals surface area contributed by atoms with Crippen LogP contribution in [0.25, 0.3) is 0 Å². The molecular weight excluding hydrogens is 344 g/mol. The molecule has 138 valence electrons. The van der Waals surface area contributed by atoms with Gasteiger partial charge in [0.1, 0.15) is 6.04 Å². The average Bonchev–Trinajstić information content (AvgIpc) is 2.70. The van der Waals surface area contributed by atoms with Crippen molar-refractivity contribution < 1.29 is 9.53 Å². The summed E-state index contributed by atoms with van der Waals surface area (Å²) in [6.45, 7) is 3.29. The predicted molar refractivity (Wildman–Crippen MR) is 106 cm³/mol. The predicted octanol–water partition coefficient (Wildman–Crippen LogP) is 3.44. The van der Waals surface area contributed by atoms with Gasteiger partial charge in [-0.05, 0) is 36.6 Å². The summed E-state index contributed by atoms with van der Waals surface area (Å²) in [7, 11) is 2.03. The number of hydrogen-bond donors (Lipinski definition) is 0. The first-order valence-corrected chi connectivity index (χ1v) is 10.2. The van der Waals surface area contributed by atoms with Gasteiger partial charge in [0.2, 0.25) is 5.91 Å². The molecule has 0 radical (unpaired) electrons. The van der Waals surface area contributed by atoms with E-state index in [-0.39, 0.29) is 11.9 Å². The van der Waals surface area contributed by atoms with E-state index in [0.717, 1.165) is 12.1 Å². The molecule has 1 atom stereocenters. The Morgan fingerprint density at radius 3 is 2.38 bits per heavy atom. The van der Waals surface area contributed by atoms with E-state index in [9.17, 15) is 4.79 Å². The van der Waals surface area contributed by atoms with Crippen LogP contribution in [0.15, 0.2) is 59.5 Å². The largest absolute Gasteiger partial charge is 0.378 e. The Morgan fingerprint density at radius 2 is 1.77 bits per heavy atom. The number of nitrogens with zero attached hydrogens (tertiary/aromatic N) is 2. The number of ether oxygens (including phenoxy) is 1. The maximum atomic E-state index is 13.3. The van der Waals surface area contributed by atoms with Gasteiger partial charge in [0.25, 0.3) is 0 Å². The van der Waals surface area contributed by atoms with E-state index in [4.69, 9.17) is 4.74 Å². The van der Waals surface area contributed by atoms with E-state index in [1.165, 1.54) is 10.5 Å². The summed E-state index contributed by atoms with van der Waals surface area (Å²) in [6, 6.07) is 18.3. The van der Waals surface area contributed by atoms with E-state index >= 15 is 0 Å². The Balaban J connectivity index is 1.80. The second-order valence-corrected chi connectivity index (χ2v) is 7.39. The quantitative estimate of drug-likeness (QED) is 0.729. The summed E-state index contributed by atoms with van der Waals surface area (Å²) in [6.07, 6.45) is 2.08. The van der Waals surface area contributed by atoms with Crippen molar-refractivity contribution in [1.82, 2.24) is 9.80 Å². The normalized spacial score (nSPS) is 15.9. The minimum Gasteiger partial charge on any atom is -0.378 e. The van der Waals surface area contributed by atoms with Gasteiger partial charge >= 0.3 is 0 Å². The van der Waals surface area contributed by atoms with Gasteiger partial charge in [-0.2, -0.15) is 0 Å². The number of carbonyl (C=O) groups excluding carboxylic acids is 1. The molecule has 0 saturated carbocycles. The van der Waals surface area contributed by atoms with Crippen LogP contribution in [-0.2, 0) is 16.1 Å². The van der Waals surface area contributed by atoms with Crippen molar-refractivity contribution in [2.24, 2.45) is 0 Å². The zero-order valence-electron chi connectivity index (χ0n) is 15.4. The fourth-order valence-electron chi connectivity index (χ4n) is 3.29.